The molecule has 0 amide bonds. The first-order valence-electron chi connectivity index (χ1n) is 1.09. The third kappa shape index (κ3) is 741. The summed E-state index contributed by atoms with van der Waals surface area (Å²) >= 11 is 6.19. The Bertz CT molecular complexity index is 71.0. The van der Waals surface area contributed by atoms with Crippen LogP contribution in [0, 0.1) is 21.3 Å². The summed E-state index contributed by atoms with van der Waals surface area (Å²) in [5, 5.41) is 29.3. The van der Waals surface area contributed by atoms with Gasteiger partial charge in [-0.1, -0.05) is 25.3 Å². The lowest BCUT2D eigenvalue weighted by atomic mass is 11.8. The Kier molecular flexibility index (Phi) is 158. The van der Waals surface area contributed by atoms with Gasteiger partial charge in [0.15, 0.2) is 0 Å². The van der Waals surface area contributed by atoms with Gasteiger partial charge in [-0.25, -0.2) is 0 Å². The van der Waals surface area contributed by atoms with Gasteiger partial charge in [0.05, 0.1) is 0 Å². The van der Waals surface area contributed by atoms with Gasteiger partial charge in [0.25, 0.3) is 0 Å². The normalized spacial score (nSPS) is 2.75. The second-order valence-electron chi connectivity index (χ2n) is 0.200. The second-order valence-corrected chi connectivity index (χ2v) is 0.600. The van der Waals surface area contributed by atoms with Crippen molar-refractivity contribution in [3.63, 3.8) is 0 Å². The highest BCUT2D eigenvalue weighted by Gasteiger charge is 1.18. The summed E-state index contributed by atoms with van der Waals surface area (Å²) in [7, 11) is 0. The Morgan fingerprint density at radius 1 is 1.00 bits per heavy atom. The average Bonchev–Trinajstić information content (AvgIpc) is 1.75. The van der Waals surface area contributed by atoms with Crippen LogP contribution in [0.1, 0.15) is 0 Å². The summed E-state index contributed by atoms with van der Waals surface area (Å²) in [5.41, 5.74) is 0. The third-order valence-corrected chi connectivity index (χ3v) is 0. The van der Waals surface area contributed by atoms with Crippen LogP contribution in [0.4, 0.5) is 0 Å². The van der Waals surface area contributed by atoms with Gasteiger partial charge in [0, 0.05) is 0 Å². The molecule has 0 fully saturated rings. The first-order valence-corrected chi connectivity index (χ1v) is 1.99. The minimum absolute atomic E-state index is 1.44. The van der Waals surface area contributed by atoms with Crippen LogP contribution in [0.5, 0.6) is 0 Å². The van der Waals surface area contributed by atoms with Crippen LogP contribution in [-0.2, 0) is 0 Å². The molecular formula is C2H4N2O2S2. The van der Waals surface area contributed by atoms with E-state index in [0.29, 0.717) is 0 Å². The molecule has 2 N–H and O–H groups in total. The standard InChI is InChI=1S/2CHNS.H2O2/c2*2-1-3;1-2/h2*3H;1-2H. The van der Waals surface area contributed by atoms with Gasteiger partial charge in [0.1, 0.15) is 10.8 Å². The highest BCUT2D eigenvalue weighted by Crippen LogP contribution is 1.46. The molecule has 8 heavy (non-hydrogen) atoms. The van der Waals surface area contributed by atoms with E-state index in [1.807, 2.05) is 0 Å². The van der Waals surface area contributed by atoms with Crippen LogP contribution >= 0.6 is 25.3 Å². The van der Waals surface area contributed by atoms with Crippen molar-refractivity contribution in [2.45, 2.75) is 0 Å². The topological polar surface area (TPSA) is 88.0 Å². The molecule has 0 spiro atoms. The predicted molar refractivity (Wildman–Crippen MR) is 34.5 cm³/mol. The number of nitriles is 2. The minimum Gasteiger partial charge on any atom is -0.255 e. The van der Waals surface area contributed by atoms with E-state index in [0.717, 1.165) is 0 Å². The first kappa shape index (κ1) is 15.6. The number of thiocyanates is 2. The number of rotatable bonds is 0. The summed E-state index contributed by atoms with van der Waals surface area (Å²) in [6.45, 7) is 0. The highest BCUT2D eigenvalue weighted by atomic mass is 32.1. The van der Waals surface area contributed by atoms with Crippen LogP contribution in [0.15, 0.2) is 0 Å². The molecule has 6 heteroatoms. The molecule has 0 saturated carbocycles. The Morgan fingerprint density at radius 2 is 1.00 bits per heavy atom. The van der Waals surface area contributed by atoms with Crippen molar-refractivity contribution < 1.29 is 10.5 Å². The van der Waals surface area contributed by atoms with Gasteiger partial charge in [-0.2, -0.15) is 10.5 Å². The molecule has 0 atom stereocenters. The smallest absolute Gasteiger partial charge is 0.130 e. The maximum Gasteiger partial charge on any atom is 0.130 e. The van der Waals surface area contributed by atoms with Gasteiger partial charge in [0.2, 0.25) is 0 Å². The largest absolute Gasteiger partial charge is 0.255 e. The molecule has 0 heterocycles. The van der Waals surface area contributed by atoms with E-state index in [4.69, 9.17) is 21.0 Å². The molecular weight excluding hydrogens is 148 g/mol. The van der Waals surface area contributed by atoms with E-state index in [-0.39, 0.29) is 0 Å². The van der Waals surface area contributed by atoms with Crippen molar-refractivity contribution in [3.8, 4) is 10.8 Å². The predicted octanol–water partition coefficient (Wildman–Crippen LogP) is 0.812. The molecule has 0 aliphatic rings. The van der Waals surface area contributed by atoms with Crippen LogP contribution in [0.2, 0.25) is 0 Å². The molecule has 0 aromatic rings. The summed E-state index contributed by atoms with van der Waals surface area (Å²) in [6.07, 6.45) is 0. The molecule has 0 aromatic heterocycles. The monoisotopic (exact) mass is 152 g/mol. The molecule has 0 unspecified atom stereocenters. The SMILES string of the molecule is N#CS.N#CS.OO. The lowest BCUT2D eigenvalue weighted by Gasteiger charge is -1.25. The highest BCUT2D eigenvalue weighted by molar-refractivity contribution is 7.85. The van der Waals surface area contributed by atoms with Crippen molar-refractivity contribution in [3.05, 3.63) is 0 Å². The van der Waals surface area contributed by atoms with Crippen LogP contribution in [0.25, 0.3) is 0 Å². The maximum absolute atomic E-state index is 7.18. The van der Waals surface area contributed by atoms with Crippen molar-refractivity contribution in [2.24, 2.45) is 0 Å². The Morgan fingerprint density at radius 3 is 1.00 bits per heavy atom. The van der Waals surface area contributed by atoms with Gasteiger partial charge >= 0.3 is 0 Å². The number of thiol groups is 2. The minimum atomic E-state index is 1.44. The summed E-state index contributed by atoms with van der Waals surface area (Å²) in [4.78, 5) is 0. The van der Waals surface area contributed by atoms with E-state index in [1.54, 1.807) is 0 Å². The molecule has 0 rings (SSSR count). The van der Waals surface area contributed by atoms with Crippen molar-refractivity contribution >= 4 is 25.3 Å². The lowest BCUT2D eigenvalue weighted by molar-refractivity contribution is -0.176. The third-order valence-electron chi connectivity index (χ3n) is 0. The van der Waals surface area contributed by atoms with Crippen molar-refractivity contribution in [2.75, 3.05) is 0 Å². The Hall–Kier alpha value is -0.400. The van der Waals surface area contributed by atoms with Gasteiger partial charge in [-0.15, -0.1) is 0 Å². The summed E-state index contributed by atoms with van der Waals surface area (Å²) < 4.78 is 0. The molecule has 0 aromatic carbocycles. The van der Waals surface area contributed by atoms with Gasteiger partial charge in [-0.3, -0.25) is 10.5 Å². The molecule has 0 aliphatic carbocycles. The average molecular weight is 152 g/mol. The molecule has 4 nitrogen and oxygen atoms in total. The second kappa shape index (κ2) is 80.8. The van der Waals surface area contributed by atoms with Crippen LogP contribution in [0.3, 0.4) is 0 Å². The quantitative estimate of drug-likeness (QED) is 0.179. The zero-order valence-corrected chi connectivity index (χ0v) is 5.47. The van der Waals surface area contributed by atoms with Crippen LogP contribution < -0.4 is 0 Å². The molecule has 0 radical (unpaired) electrons. The van der Waals surface area contributed by atoms with E-state index in [2.05, 4.69) is 25.3 Å². The maximum atomic E-state index is 7.18. The fourth-order valence-electron chi connectivity index (χ4n) is 0. The summed E-state index contributed by atoms with van der Waals surface area (Å²) in [6, 6.07) is 0. The van der Waals surface area contributed by atoms with E-state index < -0.39 is 0 Å². The number of hydrogen-bond donors (Lipinski definition) is 4. The molecule has 46 valence electrons. The van der Waals surface area contributed by atoms with Crippen molar-refractivity contribution in [1.82, 2.24) is 0 Å². The van der Waals surface area contributed by atoms with E-state index >= 15 is 0 Å². The lowest BCUT2D eigenvalue weighted by Crippen LogP contribution is -1.29. The number of hydrogen-bond acceptors (Lipinski definition) is 6. The van der Waals surface area contributed by atoms with E-state index in [1.165, 1.54) is 10.8 Å². The van der Waals surface area contributed by atoms with Gasteiger partial charge in [-0.05, 0) is 0 Å². The first-order chi connectivity index (χ1) is 3.83. The fraction of sp³-hybridized carbons (Fsp3) is 0. The fourth-order valence-corrected chi connectivity index (χ4v) is 0. The van der Waals surface area contributed by atoms with Crippen LogP contribution in [-0.4, -0.2) is 10.5 Å². The molecule has 0 saturated heterocycles. The molecule has 0 bridgehead atoms. The van der Waals surface area contributed by atoms with Crippen molar-refractivity contribution in [1.29, 1.82) is 10.5 Å². The summed E-state index contributed by atoms with van der Waals surface area (Å²) in [5.74, 6) is 0. The zero-order chi connectivity index (χ0) is 7.41. The number of nitrogens with zero attached hydrogens (tertiary/aromatic N) is 2. The van der Waals surface area contributed by atoms with Gasteiger partial charge < -0.3 is 0 Å². The zero-order valence-electron chi connectivity index (χ0n) is 3.68. The van der Waals surface area contributed by atoms with E-state index in [9.17, 15) is 0 Å². The Balaban J connectivity index is -0.0000000483. The Labute approximate surface area is 57.7 Å². The molecule has 0 aliphatic heterocycles.